The lowest BCUT2D eigenvalue weighted by molar-refractivity contribution is -0.115. The topological polar surface area (TPSA) is 65.4 Å². The van der Waals surface area contributed by atoms with Crippen LogP contribution < -0.4 is 14.8 Å². The number of benzene rings is 2. The van der Waals surface area contributed by atoms with Gasteiger partial charge in [0.2, 0.25) is 5.91 Å². The fourth-order valence-corrected chi connectivity index (χ4v) is 4.86. The number of aryl methyl sites for hydroxylation is 1. The molecule has 1 amide bonds. The van der Waals surface area contributed by atoms with Gasteiger partial charge < -0.3 is 14.8 Å². The maximum atomic E-state index is 12.8. The molecule has 3 aromatic rings. The van der Waals surface area contributed by atoms with Crippen LogP contribution in [-0.2, 0) is 4.79 Å². The minimum absolute atomic E-state index is 0.0312. The van der Waals surface area contributed by atoms with Crippen LogP contribution in [0.1, 0.15) is 29.0 Å². The van der Waals surface area contributed by atoms with Crippen molar-refractivity contribution in [2.45, 2.75) is 24.3 Å². The second kappa shape index (κ2) is 7.83. The Morgan fingerprint density at radius 3 is 2.48 bits per heavy atom. The Morgan fingerprint density at radius 2 is 1.79 bits per heavy atom. The number of nitrogens with zero attached hydrogens (tertiary/aromatic N) is 2. The van der Waals surface area contributed by atoms with E-state index in [2.05, 4.69) is 5.32 Å². The Morgan fingerprint density at radius 1 is 1.07 bits per heavy atom. The molecule has 0 radical (unpaired) electrons. The number of thioether (sulfide) groups is 1. The fraction of sp³-hybridized carbons (Fsp3) is 0.273. The highest BCUT2D eigenvalue weighted by atomic mass is 32.2. The molecule has 1 aliphatic heterocycles. The van der Waals surface area contributed by atoms with Crippen molar-refractivity contribution in [3.8, 4) is 17.2 Å². The number of methoxy groups -OCH3 is 2. The van der Waals surface area contributed by atoms with E-state index in [0.717, 1.165) is 28.3 Å². The van der Waals surface area contributed by atoms with Gasteiger partial charge in [0.15, 0.2) is 11.5 Å². The minimum Gasteiger partial charge on any atom is -0.493 e. The number of aromatic nitrogens is 2. The Labute approximate surface area is 174 Å². The van der Waals surface area contributed by atoms with E-state index in [4.69, 9.17) is 14.6 Å². The predicted octanol–water partition coefficient (Wildman–Crippen LogP) is 4.36. The third kappa shape index (κ3) is 3.46. The molecule has 1 aliphatic rings. The first-order valence-corrected chi connectivity index (χ1v) is 10.3. The largest absolute Gasteiger partial charge is 0.493 e. The number of ether oxygens (including phenoxy) is 2. The van der Waals surface area contributed by atoms with Gasteiger partial charge in [-0.3, -0.25) is 4.79 Å². The summed E-state index contributed by atoms with van der Waals surface area (Å²) < 4.78 is 12.7. The number of carbonyl (C=O) groups is 1. The fourth-order valence-electron chi connectivity index (χ4n) is 3.54. The van der Waals surface area contributed by atoms with Crippen molar-refractivity contribution in [1.29, 1.82) is 0 Å². The van der Waals surface area contributed by atoms with Crippen molar-refractivity contribution >= 4 is 23.5 Å². The van der Waals surface area contributed by atoms with Gasteiger partial charge in [0.1, 0.15) is 5.82 Å². The van der Waals surface area contributed by atoms with Crippen molar-refractivity contribution in [1.82, 2.24) is 9.78 Å². The Balaban J connectivity index is 1.89. The number of carbonyl (C=O) groups excluding carboxylic acids is 1. The molecule has 0 unspecified atom stereocenters. The number of fused-ring (bicyclic) bond motifs is 1. The van der Waals surface area contributed by atoms with Crippen LogP contribution in [0, 0.1) is 6.92 Å². The summed E-state index contributed by atoms with van der Waals surface area (Å²) in [7, 11) is 3.24. The molecule has 0 saturated heterocycles. The van der Waals surface area contributed by atoms with Gasteiger partial charge in [0.25, 0.3) is 0 Å². The van der Waals surface area contributed by atoms with E-state index < -0.39 is 0 Å². The zero-order chi connectivity index (χ0) is 20.5. The summed E-state index contributed by atoms with van der Waals surface area (Å²) >= 11 is 1.60. The van der Waals surface area contributed by atoms with Crippen LogP contribution in [0.15, 0.2) is 48.5 Å². The molecule has 4 rings (SSSR count). The van der Waals surface area contributed by atoms with Crippen LogP contribution in [0.5, 0.6) is 11.5 Å². The highest BCUT2D eigenvalue weighted by Gasteiger charge is 2.34. The molecule has 150 valence electrons. The summed E-state index contributed by atoms with van der Waals surface area (Å²) in [5, 5.41) is 7.55. The van der Waals surface area contributed by atoms with Crippen molar-refractivity contribution in [3.05, 3.63) is 65.4 Å². The van der Waals surface area contributed by atoms with Crippen LogP contribution >= 0.6 is 11.8 Å². The van der Waals surface area contributed by atoms with Crippen molar-refractivity contribution in [3.63, 3.8) is 0 Å². The highest BCUT2D eigenvalue weighted by molar-refractivity contribution is 8.01. The predicted molar refractivity (Wildman–Crippen MR) is 115 cm³/mol. The molecule has 0 bridgehead atoms. The second-order valence-corrected chi connectivity index (χ2v) is 8.31. The van der Waals surface area contributed by atoms with Gasteiger partial charge >= 0.3 is 0 Å². The molecule has 1 N–H and O–H groups in total. The summed E-state index contributed by atoms with van der Waals surface area (Å²) in [6.07, 6.45) is 0. The zero-order valence-corrected chi connectivity index (χ0v) is 17.6. The summed E-state index contributed by atoms with van der Waals surface area (Å²) in [4.78, 5) is 12.8. The average Bonchev–Trinajstić information content (AvgIpc) is 3.00. The average molecular weight is 410 g/mol. The smallest absolute Gasteiger partial charge is 0.238 e. The molecule has 2 atom stereocenters. The first-order chi connectivity index (χ1) is 14.0. The number of amides is 1. The van der Waals surface area contributed by atoms with E-state index in [1.807, 2.05) is 67.1 Å². The quantitative estimate of drug-likeness (QED) is 0.694. The molecule has 0 fully saturated rings. The van der Waals surface area contributed by atoms with Gasteiger partial charge in [-0.2, -0.15) is 5.10 Å². The number of hydrogen-bond donors (Lipinski definition) is 1. The normalized spacial score (nSPS) is 18.6. The van der Waals surface area contributed by atoms with Gasteiger partial charge in [0.05, 0.1) is 36.1 Å². The molecule has 29 heavy (non-hydrogen) atoms. The number of hydrogen-bond acceptors (Lipinski definition) is 5. The summed E-state index contributed by atoms with van der Waals surface area (Å²) in [5.41, 5.74) is 3.82. The molecular formula is C22H23N3O3S. The molecule has 0 spiro atoms. The molecule has 2 aromatic carbocycles. The highest BCUT2D eigenvalue weighted by Crippen LogP contribution is 2.47. The van der Waals surface area contributed by atoms with Crippen LogP contribution in [-0.4, -0.2) is 35.2 Å². The van der Waals surface area contributed by atoms with Gasteiger partial charge in [-0.25, -0.2) is 4.68 Å². The van der Waals surface area contributed by atoms with Gasteiger partial charge in [-0.1, -0.05) is 24.3 Å². The van der Waals surface area contributed by atoms with Gasteiger partial charge in [0, 0.05) is 5.56 Å². The van der Waals surface area contributed by atoms with E-state index in [1.165, 1.54) is 0 Å². The lowest BCUT2D eigenvalue weighted by atomic mass is 10.0. The number of para-hydroxylation sites is 1. The van der Waals surface area contributed by atoms with Gasteiger partial charge in [-0.15, -0.1) is 11.8 Å². The van der Waals surface area contributed by atoms with Crippen molar-refractivity contribution < 1.29 is 14.3 Å². The zero-order valence-electron chi connectivity index (χ0n) is 16.8. The van der Waals surface area contributed by atoms with Crippen LogP contribution in [0.2, 0.25) is 0 Å². The first-order valence-electron chi connectivity index (χ1n) is 9.36. The third-order valence-electron chi connectivity index (χ3n) is 5.03. The van der Waals surface area contributed by atoms with E-state index in [9.17, 15) is 4.79 Å². The Kier molecular flexibility index (Phi) is 5.24. The van der Waals surface area contributed by atoms with Crippen LogP contribution in [0.3, 0.4) is 0 Å². The standard InChI is InChI=1S/C22H23N3O3S/c1-13-19-20(15-10-11-17(27-3)18(12-15)28-4)29-14(2)22(26)23-21(19)25(24-13)16-8-6-5-7-9-16/h5-12,14,20H,1-4H3,(H,23,26)/t14-,20-/m0/s1. The van der Waals surface area contributed by atoms with E-state index in [-0.39, 0.29) is 16.4 Å². The lowest BCUT2D eigenvalue weighted by Gasteiger charge is -2.19. The molecule has 0 saturated carbocycles. The maximum absolute atomic E-state index is 12.8. The van der Waals surface area contributed by atoms with E-state index in [0.29, 0.717) is 11.5 Å². The summed E-state index contributed by atoms with van der Waals surface area (Å²) in [5.74, 6) is 2.03. The number of rotatable bonds is 4. The van der Waals surface area contributed by atoms with E-state index >= 15 is 0 Å². The third-order valence-corrected chi connectivity index (χ3v) is 6.43. The molecule has 1 aromatic heterocycles. The minimum atomic E-state index is -0.218. The van der Waals surface area contributed by atoms with Crippen LogP contribution in [0.4, 0.5) is 5.82 Å². The Hall–Kier alpha value is -2.93. The first kappa shape index (κ1) is 19.4. The monoisotopic (exact) mass is 409 g/mol. The Bertz CT molecular complexity index is 1050. The summed E-state index contributed by atoms with van der Waals surface area (Å²) in [6.45, 7) is 3.91. The molecule has 2 heterocycles. The summed E-state index contributed by atoms with van der Waals surface area (Å²) in [6, 6.07) is 15.7. The van der Waals surface area contributed by atoms with Crippen molar-refractivity contribution in [2.75, 3.05) is 19.5 Å². The molecule has 7 heteroatoms. The van der Waals surface area contributed by atoms with Gasteiger partial charge in [-0.05, 0) is 43.7 Å². The lowest BCUT2D eigenvalue weighted by Crippen LogP contribution is -2.22. The molecule has 0 aliphatic carbocycles. The molecular weight excluding hydrogens is 386 g/mol. The maximum Gasteiger partial charge on any atom is 0.238 e. The SMILES string of the molecule is COc1ccc([C@@H]2S[C@@H](C)C(=O)Nc3c2c(C)nn3-c2ccccc2)cc1OC. The van der Waals surface area contributed by atoms with Crippen molar-refractivity contribution in [2.24, 2.45) is 0 Å². The molecule has 6 nitrogen and oxygen atoms in total. The second-order valence-electron chi connectivity index (χ2n) is 6.86. The number of anilines is 1. The number of nitrogens with one attached hydrogen (secondary N) is 1. The van der Waals surface area contributed by atoms with Crippen LogP contribution in [0.25, 0.3) is 5.69 Å². The van der Waals surface area contributed by atoms with E-state index in [1.54, 1.807) is 26.0 Å².